The van der Waals surface area contributed by atoms with Gasteiger partial charge in [0, 0.05) is 43.5 Å². The Labute approximate surface area is 464 Å². The third-order valence-electron chi connectivity index (χ3n) is 10.6. The van der Waals surface area contributed by atoms with Crippen molar-refractivity contribution in [1.82, 2.24) is 55.8 Å². The number of carbonyl (C=O) groups excluding carboxylic acids is 5. The molecule has 0 radical (unpaired) electrons. The number of carbonyl (C=O) groups is 8. The van der Waals surface area contributed by atoms with E-state index in [2.05, 4.69) is 68.1 Å². The number of fused-ring (bicyclic) bond motifs is 2. The Morgan fingerprint density at radius 2 is 1.14 bits per heavy atom. The molecule has 4 aromatic heterocycles. The van der Waals surface area contributed by atoms with Crippen LogP contribution in [0.2, 0.25) is 0 Å². The number of nitrogens with one attached hydrogen (secondary N) is 6. The zero-order chi connectivity index (χ0) is 56.6. The maximum absolute atomic E-state index is 12.6. The first-order chi connectivity index (χ1) is 36.6. The summed E-state index contributed by atoms with van der Waals surface area (Å²) in [6.07, 6.45) is 4.00. The first kappa shape index (κ1) is 66.6. The molecule has 428 valence electrons. The summed E-state index contributed by atoms with van der Waals surface area (Å²) in [5.74, 6) is -5.53. The van der Waals surface area contributed by atoms with Crippen LogP contribution in [0.25, 0.3) is 34.6 Å². The number of anilines is 3. The number of rotatable bonds is 25. The number of nitrogens with two attached hydrogens (primary N) is 4. The fraction of sp³-hybridized carbons (Fsp3) is 0.298. The zero-order valence-electron chi connectivity index (χ0n) is 41.6. The number of ketones is 2. The summed E-state index contributed by atoms with van der Waals surface area (Å²) in [7, 11) is 9.75. The number of aromatic amines is 2. The van der Waals surface area contributed by atoms with Gasteiger partial charge >= 0.3 is 53.2 Å². The van der Waals surface area contributed by atoms with E-state index >= 15 is 0 Å². The van der Waals surface area contributed by atoms with Crippen molar-refractivity contribution in [3.05, 3.63) is 129 Å². The molecule has 6 rings (SSSR count). The van der Waals surface area contributed by atoms with Crippen LogP contribution in [0, 0.1) is 6.92 Å². The van der Waals surface area contributed by atoms with E-state index in [1.165, 1.54) is 24.5 Å². The molecule has 2 unspecified atom stereocenters. The summed E-state index contributed by atoms with van der Waals surface area (Å²) >= 11 is -0.472. The van der Waals surface area contributed by atoms with Gasteiger partial charge in [-0.1, -0.05) is 24.3 Å². The molecular formula is C47H55Cl2N16O13Pt-3. The number of nitrogen functional groups attached to an aromatic ring is 2. The number of H-pyrrole nitrogens is 2. The first-order valence-electron chi connectivity index (χ1n) is 22.9. The Kier molecular flexibility index (Phi) is 28.3. The van der Waals surface area contributed by atoms with E-state index in [1.807, 2.05) is 0 Å². The van der Waals surface area contributed by atoms with Gasteiger partial charge in [0.25, 0.3) is 22.9 Å². The van der Waals surface area contributed by atoms with E-state index in [9.17, 15) is 58.2 Å². The van der Waals surface area contributed by atoms with Gasteiger partial charge in [-0.25, -0.2) is 29.5 Å². The largest absolute Gasteiger partial charge is 0.693 e. The molecule has 17 N–H and O–H groups in total. The van der Waals surface area contributed by atoms with Gasteiger partial charge in [-0.15, -0.1) is 0 Å². The van der Waals surface area contributed by atoms with Gasteiger partial charge in [0.15, 0.2) is 22.3 Å². The quantitative estimate of drug-likeness (QED) is 0.0366. The zero-order valence-corrected chi connectivity index (χ0v) is 45.4. The fourth-order valence-electron chi connectivity index (χ4n) is 6.76. The van der Waals surface area contributed by atoms with E-state index in [4.69, 9.17) is 35.4 Å². The summed E-state index contributed by atoms with van der Waals surface area (Å²) in [6.45, 7) is 3.46. The number of nitrogens with zero attached hydrogens (tertiary/aromatic N) is 6. The van der Waals surface area contributed by atoms with Crippen LogP contribution in [0.5, 0.6) is 0 Å². The van der Waals surface area contributed by atoms with Crippen LogP contribution in [-0.4, -0.2) is 121 Å². The number of benzene rings is 2. The van der Waals surface area contributed by atoms with Crippen molar-refractivity contribution in [2.24, 2.45) is 0 Å². The van der Waals surface area contributed by atoms with E-state index in [0.29, 0.717) is 30.8 Å². The Balaban J connectivity index is 0.000000502. The summed E-state index contributed by atoms with van der Waals surface area (Å²) in [5, 5.41) is 37.6. The van der Waals surface area contributed by atoms with Gasteiger partial charge in [0.05, 0.1) is 24.5 Å². The number of hydrogen-bond acceptors (Lipinski definition) is 19. The number of aryl methyl sites for hydroxylation is 2. The van der Waals surface area contributed by atoms with Gasteiger partial charge in [0.2, 0.25) is 17.8 Å². The molecule has 0 aliphatic heterocycles. The minimum atomic E-state index is -1.31. The monoisotopic (exact) mass is 1320 g/mol. The SMILES string of the molecule is Nc1nc2ncc(NCc3ccc(C(=O)NC(CCC(=O)NCCC(=O)O)C(=O)O)cc3)nc2c(=O)[nH]1.[CH2-]C(=O)CCCC(=O)CCC(NC(=O)c1ccc(CCc2cnc3nc(N)[nH]c(=O)c3n2)cc1)C(=O)O.[Cl][Pt][Cl].[NH2-].[NH2-]. The smallest absolute Gasteiger partial charge is 0.693 e. The van der Waals surface area contributed by atoms with Gasteiger partial charge in [-0.3, -0.25) is 43.5 Å². The Hall–Kier alpha value is -8.50. The van der Waals surface area contributed by atoms with E-state index in [-0.39, 0.29) is 127 Å². The standard InChI is InChI=1S/C25H27N6O6.C22H24N8O7.2ClH.2H2N.Pt/c1-14(32)3-2-4-18(33)11-12-19(24(36)37)29-22(34)16-8-5-15(6-9-16)7-10-17-13-27-21-20(28-17)23(35)31-25(26)30-21;23-22-29-18-17(20(35)30-22)28-14(10-26-18)25-9-11-1-3-12(4-2-11)19(34)27-13(21(36)37)5-6-15(31)24-8-7-16(32)33;;;;;/h5-6,8-9,13,19H,1-4,7,10-12H2,(H,29,34)(H,36,37)(H3,26,27,30,31,35);1-4,10,13H,5-9H2,(H,24,31)(H,25,28)(H,27,34)(H,32,33)(H,36,37)(H3,23,26,29,30,35);2*1H;2*1H2;/q-1;;;;2*-1;+2/p-2. The summed E-state index contributed by atoms with van der Waals surface area (Å²) in [5.41, 5.74) is 13.1. The third kappa shape index (κ3) is 22.9. The van der Waals surface area contributed by atoms with Crippen LogP contribution in [0.15, 0.2) is 70.5 Å². The number of aliphatic carboxylic acids is 3. The van der Waals surface area contributed by atoms with E-state index in [0.717, 1.165) is 11.1 Å². The summed E-state index contributed by atoms with van der Waals surface area (Å²) in [6, 6.07) is 10.4. The predicted molar refractivity (Wildman–Crippen MR) is 285 cm³/mol. The molecule has 4 heterocycles. The number of halogens is 2. The minimum absolute atomic E-state index is 0. The molecule has 3 amide bonds. The second kappa shape index (κ2) is 33.6. The molecule has 29 nitrogen and oxygen atoms in total. The number of hydrogen-bond donors (Lipinski definition) is 11. The van der Waals surface area contributed by atoms with Gasteiger partial charge in [-0.2, -0.15) is 9.97 Å². The average molecular weight is 1320 g/mol. The van der Waals surface area contributed by atoms with Crippen LogP contribution < -0.4 is 43.9 Å². The molecule has 0 saturated carbocycles. The molecule has 6 aromatic rings. The van der Waals surface area contributed by atoms with Crippen molar-refractivity contribution in [1.29, 1.82) is 0 Å². The second-order valence-electron chi connectivity index (χ2n) is 16.4. The maximum atomic E-state index is 12.6. The minimum Gasteiger partial charge on any atom is -0.693 e. The molecule has 0 saturated heterocycles. The Morgan fingerprint density at radius 1 is 0.646 bits per heavy atom. The molecule has 32 heteroatoms. The number of carboxylic acid groups (broad SMARTS) is 3. The number of amides is 3. The normalized spacial score (nSPS) is 11.1. The van der Waals surface area contributed by atoms with Crippen molar-refractivity contribution >= 4 is 106 Å². The molecule has 2 aromatic carbocycles. The van der Waals surface area contributed by atoms with Crippen molar-refractivity contribution in [3.63, 3.8) is 0 Å². The van der Waals surface area contributed by atoms with E-state index in [1.54, 1.807) is 36.4 Å². The van der Waals surface area contributed by atoms with E-state index < -0.39 is 75.3 Å². The number of carboxylic acids is 3. The molecule has 0 aliphatic carbocycles. The second-order valence-corrected chi connectivity index (χ2v) is 19.7. The molecular weight excluding hydrogens is 1260 g/mol. The number of Topliss-reactive ketones (excluding diaryl/α,β-unsaturated/α-hetero) is 2. The van der Waals surface area contributed by atoms with Gasteiger partial charge in [0.1, 0.15) is 23.7 Å². The molecule has 79 heavy (non-hydrogen) atoms. The summed E-state index contributed by atoms with van der Waals surface area (Å²) in [4.78, 5) is 146. The van der Waals surface area contributed by atoms with Gasteiger partial charge in [-0.05, 0) is 79.7 Å². The Morgan fingerprint density at radius 3 is 1.65 bits per heavy atom. The van der Waals surface area contributed by atoms with Crippen molar-refractivity contribution in [2.45, 2.75) is 82.8 Å². The molecule has 0 fully saturated rings. The fourth-order valence-corrected chi connectivity index (χ4v) is 6.76. The first-order valence-corrected chi connectivity index (χ1v) is 28.5. The average Bonchev–Trinajstić information content (AvgIpc) is 3.38. The molecule has 0 bridgehead atoms. The van der Waals surface area contributed by atoms with Crippen LogP contribution in [0.4, 0.5) is 17.7 Å². The van der Waals surface area contributed by atoms with Crippen molar-refractivity contribution in [3.8, 4) is 0 Å². The number of aromatic nitrogens is 8. The van der Waals surface area contributed by atoms with Crippen LogP contribution in [0.3, 0.4) is 0 Å². The van der Waals surface area contributed by atoms with Crippen LogP contribution in [0.1, 0.15) is 88.9 Å². The molecule has 2 atom stereocenters. The molecule has 0 aliphatic rings. The topological polar surface area (TPSA) is 507 Å². The van der Waals surface area contributed by atoms with Crippen molar-refractivity contribution < 1.29 is 70.2 Å². The maximum Gasteiger partial charge on any atom is -0.693 e. The Bertz CT molecular complexity index is 3000. The van der Waals surface area contributed by atoms with Crippen LogP contribution >= 0.6 is 18.8 Å². The third-order valence-corrected chi connectivity index (χ3v) is 10.6. The predicted octanol–water partition coefficient (Wildman–Crippen LogP) is 3.46. The van der Waals surface area contributed by atoms with Crippen molar-refractivity contribution in [2.75, 3.05) is 23.3 Å². The molecule has 0 spiro atoms. The van der Waals surface area contributed by atoms with Gasteiger partial charge < -0.3 is 72.1 Å². The van der Waals surface area contributed by atoms with Crippen LogP contribution in [-0.2, 0) is 64.6 Å². The summed E-state index contributed by atoms with van der Waals surface area (Å²) < 4.78 is 0.